The van der Waals surface area contributed by atoms with E-state index in [1.54, 1.807) is 4.68 Å². The minimum atomic E-state index is -0.465. The number of hydrogen-bond donors (Lipinski definition) is 3. The molecular formula is C15H27N5O3. The number of aromatic nitrogens is 3. The molecule has 1 aliphatic carbocycles. The van der Waals surface area contributed by atoms with E-state index in [1.165, 1.54) is 0 Å². The van der Waals surface area contributed by atoms with Gasteiger partial charge in [-0.1, -0.05) is 5.21 Å². The number of aliphatic hydroxyl groups excluding tert-OH is 1. The number of ether oxygens (including phenoxy) is 1. The second-order valence-corrected chi connectivity index (χ2v) is 6.94. The van der Waals surface area contributed by atoms with Gasteiger partial charge in [0.25, 0.3) is 0 Å². The molecule has 2 rings (SSSR count). The number of alkyl carbamates (subject to hydrolysis) is 1. The maximum atomic E-state index is 11.6. The van der Waals surface area contributed by atoms with E-state index < -0.39 is 5.60 Å². The number of amides is 1. The van der Waals surface area contributed by atoms with E-state index in [0.717, 1.165) is 18.5 Å². The Morgan fingerprint density at radius 2 is 2.17 bits per heavy atom. The van der Waals surface area contributed by atoms with Gasteiger partial charge in [0.15, 0.2) is 0 Å². The van der Waals surface area contributed by atoms with E-state index in [1.807, 2.05) is 27.0 Å². The Hall–Kier alpha value is -1.67. The number of carbonyl (C=O) groups is 1. The quantitative estimate of drug-likeness (QED) is 0.686. The molecule has 0 spiro atoms. The predicted octanol–water partition coefficient (Wildman–Crippen LogP) is 0.806. The predicted molar refractivity (Wildman–Crippen MR) is 84.7 cm³/mol. The number of rotatable bonds is 7. The van der Waals surface area contributed by atoms with Crippen LogP contribution in [0.4, 0.5) is 4.79 Å². The number of nitrogens with one attached hydrogen (secondary N) is 2. The van der Waals surface area contributed by atoms with Gasteiger partial charge in [-0.2, -0.15) is 0 Å². The summed E-state index contributed by atoms with van der Waals surface area (Å²) in [6.45, 7) is 7.04. The van der Waals surface area contributed by atoms with Gasteiger partial charge in [0.2, 0.25) is 0 Å². The first-order valence-electron chi connectivity index (χ1n) is 8.08. The van der Waals surface area contributed by atoms with Crippen LogP contribution in [0.3, 0.4) is 0 Å². The van der Waals surface area contributed by atoms with E-state index >= 15 is 0 Å². The fourth-order valence-electron chi connectivity index (χ4n) is 2.39. The molecule has 0 aromatic carbocycles. The lowest BCUT2D eigenvalue weighted by Crippen LogP contribution is -2.53. The number of hydrogen-bond acceptors (Lipinski definition) is 6. The summed E-state index contributed by atoms with van der Waals surface area (Å²) in [4.78, 5) is 11.6. The van der Waals surface area contributed by atoms with Crippen molar-refractivity contribution < 1.29 is 14.6 Å². The Labute approximate surface area is 136 Å². The van der Waals surface area contributed by atoms with Crippen molar-refractivity contribution in [2.24, 2.45) is 0 Å². The van der Waals surface area contributed by atoms with Gasteiger partial charge in [0.05, 0.1) is 5.69 Å². The second-order valence-electron chi connectivity index (χ2n) is 6.94. The molecule has 1 aromatic heterocycles. The molecule has 1 amide bonds. The highest BCUT2D eigenvalue weighted by atomic mass is 16.6. The summed E-state index contributed by atoms with van der Waals surface area (Å²) >= 11 is 0. The third-order valence-corrected chi connectivity index (χ3v) is 3.56. The first-order chi connectivity index (χ1) is 10.9. The summed E-state index contributed by atoms with van der Waals surface area (Å²) < 4.78 is 6.97. The lowest BCUT2D eigenvalue weighted by molar-refractivity contribution is 0.0465. The van der Waals surface area contributed by atoms with Crippen LogP contribution in [0.25, 0.3) is 0 Å². The summed E-state index contributed by atoms with van der Waals surface area (Å²) in [7, 11) is 0. The average molecular weight is 325 g/mol. The Morgan fingerprint density at radius 3 is 2.83 bits per heavy atom. The van der Waals surface area contributed by atoms with Crippen LogP contribution in [0.1, 0.15) is 45.7 Å². The summed E-state index contributed by atoms with van der Waals surface area (Å²) in [6.07, 6.45) is 3.98. The van der Waals surface area contributed by atoms with Crippen LogP contribution in [0.5, 0.6) is 0 Å². The Balaban J connectivity index is 1.61. The molecular weight excluding hydrogens is 298 g/mol. The molecule has 0 atom stereocenters. The third kappa shape index (κ3) is 6.15. The van der Waals surface area contributed by atoms with Crippen LogP contribution in [0, 0.1) is 0 Å². The summed E-state index contributed by atoms with van der Waals surface area (Å²) in [6, 6.07) is 0.542. The highest BCUT2D eigenvalue weighted by Crippen LogP contribution is 2.21. The van der Waals surface area contributed by atoms with E-state index in [-0.39, 0.29) is 18.7 Å². The monoisotopic (exact) mass is 325 g/mol. The molecule has 0 saturated heterocycles. The van der Waals surface area contributed by atoms with Gasteiger partial charge in [-0.3, -0.25) is 4.68 Å². The van der Waals surface area contributed by atoms with Crippen molar-refractivity contribution in [1.29, 1.82) is 0 Å². The highest BCUT2D eigenvalue weighted by Gasteiger charge is 2.31. The number of nitrogens with zero attached hydrogens (tertiary/aromatic N) is 3. The molecule has 23 heavy (non-hydrogen) atoms. The SMILES string of the molecule is CC(C)(C)OC(=O)NC1CC(NCc2cn(CCCO)nn2)C1. The molecule has 0 aliphatic heterocycles. The molecule has 130 valence electrons. The first-order valence-corrected chi connectivity index (χ1v) is 8.08. The van der Waals surface area contributed by atoms with Gasteiger partial charge in [0, 0.05) is 38.0 Å². The molecule has 1 fully saturated rings. The van der Waals surface area contributed by atoms with Crippen molar-refractivity contribution in [1.82, 2.24) is 25.6 Å². The summed E-state index contributed by atoms with van der Waals surface area (Å²) in [5, 5.41) is 23.1. The fourth-order valence-corrected chi connectivity index (χ4v) is 2.39. The smallest absolute Gasteiger partial charge is 0.407 e. The van der Waals surface area contributed by atoms with Crippen LogP contribution >= 0.6 is 0 Å². The molecule has 1 saturated carbocycles. The number of carbonyl (C=O) groups excluding carboxylic acids is 1. The molecule has 0 bridgehead atoms. The molecule has 0 radical (unpaired) electrons. The lowest BCUT2D eigenvalue weighted by Gasteiger charge is -2.36. The van der Waals surface area contributed by atoms with Crippen LogP contribution in [-0.2, 0) is 17.8 Å². The van der Waals surface area contributed by atoms with Crippen molar-refractivity contribution in [3.8, 4) is 0 Å². The van der Waals surface area contributed by atoms with Crippen molar-refractivity contribution in [3.63, 3.8) is 0 Å². The first kappa shape index (κ1) is 17.7. The zero-order chi connectivity index (χ0) is 16.9. The van der Waals surface area contributed by atoms with E-state index in [4.69, 9.17) is 9.84 Å². The number of aryl methyl sites for hydroxylation is 1. The third-order valence-electron chi connectivity index (χ3n) is 3.56. The maximum absolute atomic E-state index is 11.6. The lowest BCUT2D eigenvalue weighted by atomic mass is 9.87. The Bertz CT molecular complexity index is 505. The van der Waals surface area contributed by atoms with Gasteiger partial charge in [0.1, 0.15) is 5.60 Å². The largest absolute Gasteiger partial charge is 0.444 e. The van der Waals surface area contributed by atoms with E-state index in [9.17, 15) is 4.79 Å². The summed E-state index contributed by atoms with van der Waals surface area (Å²) in [5.74, 6) is 0. The number of aliphatic hydroxyl groups is 1. The van der Waals surface area contributed by atoms with Crippen LogP contribution in [0.15, 0.2) is 6.20 Å². The molecule has 8 heteroatoms. The minimum absolute atomic E-state index is 0.154. The fraction of sp³-hybridized carbons (Fsp3) is 0.800. The standard InChI is InChI=1S/C15H27N5O3/c1-15(2,3)23-14(22)17-12-7-11(8-12)16-9-13-10-20(19-18-13)5-4-6-21/h10-12,16,21H,4-9H2,1-3H3,(H,17,22). The molecule has 3 N–H and O–H groups in total. The van der Waals surface area contributed by atoms with Crippen molar-refractivity contribution in [2.45, 2.75) is 70.8 Å². The van der Waals surface area contributed by atoms with Crippen molar-refractivity contribution in [2.75, 3.05) is 6.61 Å². The summed E-state index contributed by atoms with van der Waals surface area (Å²) in [5.41, 5.74) is 0.416. The average Bonchev–Trinajstić information content (AvgIpc) is 2.84. The zero-order valence-electron chi connectivity index (χ0n) is 14.1. The zero-order valence-corrected chi connectivity index (χ0v) is 14.1. The van der Waals surface area contributed by atoms with Crippen molar-refractivity contribution >= 4 is 6.09 Å². The van der Waals surface area contributed by atoms with E-state index in [2.05, 4.69) is 20.9 Å². The second kappa shape index (κ2) is 7.74. The van der Waals surface area contributed by atoms with Gasteiger partial charge in [-0.15, -0.1) is 5.10 Å². The molecule has 1 aromatic rings. The van der Waals surface area contributed by atoms with Gasteiger partial charge >= 0.3 is 6.09 Å². The normalized spacial score (nSPS) is 20.9. The maximum Gasteiger partial charge on any atom is 0.407 e. The van der Waals surface area contributed by atoms with Crippen LogP contribution < -0.4 is 10.6 Å². The minimum Gasteiger partial charge on any atom is -0.444 e. The highest BCUT2D eigenvalue weighted by molar-refractivity contribution is 5.68. The topological polar surface area (TPSA) is 101 Å². The Morgan fingerprint density at radius 1 is 1.43 bits per heavy atom. The van der Waals surface area contributed by atoms with Crippen LogP contribution in [0.2, 0.25) is 0 Å². The van der Waals surface area contributed by atoms with Gasteiger partial charge in [-0.05, 0) is 40.0 Å². The van der Waals surface area contributed by atoms with E-state index in [0.29, 0.717) is 25.6 Å². The van der Waals surface area contributed by atoms with Crippen LogP contribution in [-0.4, -0.2) is 50.5 Å². The molecule has 8 nitrogen and oxygen atoms in total. The molecule has 0 unspecified atom stereocenters. The molecule has 1 heterocycles. The van der Waals surface area contributed by atoms with Gasteiger partial charge < -0.3 is 20.5 Å². The molecule has 1 aliphatic rings. The Kier molecular flexibility index (Phi) is 5.95. The van der Waals surface area contributed by atoms with Crippen molar-refractivity contribution in [3.05, 3.63) is 11.9 Å². The van der Waals surface area contributed by atoms with Gasteiger partial charge in [-0.25, -0.2) is 4.79 Å².